The Balaban J connectivity index is 2.24. The Morgan fingerprint density at radius 2 is 1.67 bits per heavy atom. The maximum atomic E-state index is 12.4. The Morgan fingerprint density at radius 1 is 1.05 bits per heavy atom. The van der Waals surface area contributed by atoms with Crippen molar-refractivity contribution in [1.82, 2.24) is 15.2 Å². The van der Waals surface area contributed by atoms with Gasteiger partial charge in [-0.05, 0) is 22.0 Å². The van der Waals surface area contributed by atoms with Crippen molar-refractivity contribution in [2.75, 3.05) is 0 Å². The van der Waals surface area contributed by atoms with E-state index in [0.717, 1.165) is 16.9 Å². The highest BCUT2D eigenvalue weighted by Crippen LogP contribution is 2.30. The molecule has 0 unspecified atom stereocenters. The van der Waals surface area contributed by atoms with Crippen LogP contribution in [0.15, 0.2) is 22.0 Å². The third-order valence-corrected chi connectivity index (χ3v) is 2.88. The molecule has 0 atom stereocenters. The van der Waals surface area contributed by atoms with Crippen molar-refractivity contribution in [3.05, 3.63) is 22.6 Å². The number of aromatic nitrogens is 2. The first-order chi connectivity index (χ1) is 9.55. The minimum Gasteiger partial charge on any atom is -0.236 e. The van der Waals surface area contributed by atoms with Gasteiger partial charge in [-0.3, -0.25) is 0 Å². The van der Waals surface area contributed by atoms with E-state index in [2.05, 4.69) is 31.6 Å². The van der Waals surface area contributed by atoms with E-state index < -0.39 is 30.9 Å². The van der Waals surface area contributed by atoms with Gasteiger partial charge in [0, 0.05) is 6.20 Å². The Kier molecular flexibility index (Phi) is 4.04. The highest BCUT2D eigenvalue weighted by atomic mass is 79.9. The van der Waals surface area contributed by atoms with Gasteiger partial charge in [0.2, 0.25) is 0 Å². The van der Waals surface area contributed by atoms with Crippen LogP contribution in [0.2, 0.25) is 0 Å². The number of halogens is 7. The summed E-state index contributed by atoms with van der Waals surface area (Å²) in [7, 11) is 0. The summed E-state index contributed by atoms with van der Waals surface area (Å²) in [4.78, 5) is 0. The zero-order valence-electron chi connectivity index (χ0n) is 10.0. The lowest BCUT2D eigenvalue weighted by molar-refractivity contribution is -0.128. The summed E-state index contributed by atoms with van der Waals surface area (Å²) in [5, 5.41) is 6.97. The van der Waals surface area contributed by atoms with Crippen LogP contribution < -0.4 is 5.43 Å². The molecule has 2 heterocycles. The maximum Gasteiger partial charge on any atom is 0.394 e. The second-order valence-corrected chi connectivity index (χ2v) is 4.87. The number of allylic oxidation sites excluding steroid dienone is 1. The van der Waals surface area contributed by atoms with Crippen molar-refractivity contribution >= 4 is 27.3 Å². The molecule has 0 amide bonds. The minimum atomic E-state index is -4.51. The molecular formula is C10H6BrF6N4. The Hall–Kier alpha value is -1.52. The summed E-state index contributed by atoms with van der Waals surface area (Å²) in [6.45, 7) is 0. The first kappa shape index (κ1) is 15.9. The summed E-state index contributed by atoms with van der Waals surface area (Å²) in [6, 6.07) is 1.07. The molecule has 0 N–H and O–H groups in total. The lowest BCUT2D eigenvalue weighted by Gasteiger charge is -2.09. The zero-order valence-corrected chi connectivity index (χ0v) is 11.6. The highest BCUT2D eigenvalue weighted by Gasteiger charge is 2.36. The molecule has 1 aliphatic heterocycles. The summed E-state index contributed by atoms with van der Waals surface area (Å²) in [5.74, 6) is 0. The van der Waals surface area contributed by atoms with Gasteiger partial charge in [0.25, 0.3) is 0 Å². The summed E-state index contributed by atoms with van der Waals surface area (Å²) in [5.41, 5.74) is 2.59. The van der Waals surface area contributed by atoms with E-state index in [4.69, 9.17) is 0 Å². The van der Waals surface area contributed by atoms with Crippen LogP contribution in [0.4, 0.5) is 26.3 Å². The molecule has 1 aliphatic rings. The van der Waals surface area contributed by atoms with Crippen LogP contribution in [0.3, 0.4) is 0 Å². The van der Waals surface area contributed by atoms with E-state index >= 15 is 0 Å². The van der Waals surface area contributed by atoms with Gasteiger partial charge in [-0.1, -0.05) is 0 Å². The van der Waals surface area contributed by atoms with Gasteiger partial charge < -0.3 is 0 Å². The van der Waals surface area contributed by atoms with Crippen LogP contribution in [-0.4, -0.2) is 27.8 Å². The monoisotopic (exact) mass is 375 g/mol. The lowest BCUT2D eigenvalue weighted by atomic mass is 10.2. The molecule has 0 fully saturated rings. The summed E-state index contributed by atoms with van der Waals surface area (Å²) < 4.78 is 74.8. The molecule has 2 rings (SSSR count). The lowest BCUT2D eigenvalue weighted by Crippen LogP contribution is -2.18. The molecule has 1 aromatic rings. The van der Waals surface area contributed by atoms with Crippen molar-refractivity contribution in [2.45, 2.75) is 25.2 Å². The Bertz CT molecular complexity index is 597. The Morgan fingerprint density at radius 3 is 2.24 bits per heavy atom. The fourth-order valence-electron chi connectivity index (χ4n) is 1.64. The van der Waals surface area contributed by atoms with Gasteiger partial charge >= 0.3 is 12.4 Å². The molecule has 0 saturated heterocycles. The molecule has 0 spiro atoms. The van der Waals surface area contributed by atoms with E-state index in [1.165, 1.54) is 0 Å². The van der Waals surface area contributed by atoms with Gasteiger partial charge in [0.15, 0.2) is 4.61 Å². The van der Waals surface area contributed by atoms with E-state index in [9.17, 15) is 26.3 Å². The van der Waals surface area contributed by atoms with Crippen LogP contribution in [0, 0.1) is 0 Å². The second kappa shape index (κ2) is 5.35. The molecule has 1 aromatic heterocycles. The molecule has 115 valence electrons. The van der Waals surface area contributed by atoms with Crippen molar-refractivity contribution in [1.29, 1.82) is 0 Å². The second-order valence-electron chi connectivity index (χ2n) is 4.12. The van der Waals surface area contributed by atoms with Gasteiger partial charge in [-0.2, -0.15) is 36.5 Å². The molecule has 4 nitrogen and oxygen atoms in total. The molecule has 1 radical (unpaired) electrons. The molecular weight excluding hydrogens is 370 g/mol. The Labute approximate surface area is 122 Å². The average molecular weight is 376 g/mol. The van der Waals surface area contributed by atoms with Gasteiger partial charge in [-0.15, -0.1) is 5.43 Å². The topological polar surface area (TPSA) is 44.3 Å². The zero-order chi connectivity index (χ0) is 15.8. The predicted molar refractivity (Wildman–Crippen MR) is 64.4 cm³/mol. The number of hydrogen-bond donors (Lipinski definition) is 0. The third-order valence-electron chi connectivity index (χ3n) is 2.35. The molecule has 0 bridgehead atoms. The van der Waals surface area contributed by atoms with E-state index in [-0.39, 0.29) is 16.0 Å². The van der Waals surface area contributed by atoms with Crippen LogP contribution in [-0.2, 0) is 6.42 Å². The molecule has 11 heteroatoms. The first-order valence-corrected chi connectivity index (χ1v) is 6.20. The largest absolute Gasteiger partial charge is 0.394 e. The number of rotatable bonds is 3. The average Bonchev–Trinajstić information content (AvgIpc) is 2.81. The van der Waals surface area contributed by atoms with E-state index in [0.29, 0.717) is 0 Å². The van der Waals surface area contributed by atoms with Crippen molar-refractivity contribution in [3.8, 4) is 0 Å². The van der Waals surface area contributed by atoms with Crippen LogP contribution in [0.5, 0.6) is 0 Å². The molecule has 0 saturated carbocycles. The molecule has 0 aliphatic carbocycles. The minimum absolute atomic E-state index is 0.0246. The van der Waals surface area contributed by atoms with Gasteiger partial charge in [0.05, 0.1) is 18.5 Å². The van der Waals surface area contributed by atoms with E-state index in [1.807, 2.05) is 0 Å². The predicted octanol–water partition coefficient (Wildman–Crippen LogP) is 3.44. The normalized spacial score (nSPS) is 16.2. The SMILES string of the molecule is FC(F)(F)CC1=N[N]C(Br)=C1n1ccc(CC(F)(F)F)n1. The molecule has 0 aromatic carbocycles. The van der Waals surface area contributed by atoms with Crippen LogP contribution in [0.1, 0.15) is 12.1 Å². The van der Waals surface area contributed by atoms with Crippen molar-refractivity contribution in [2.24, 2.45) is 5.10 Å². The first-order valence-electron chi connectivity index (χ1n) is 5.41. The smallest absolute Gasteiger partial charge is 0.236 e. The highest BCUT2D eigenvalue weighted by molar-refractivity contribution is 9.11. The van der Waals surface area contributed by atoms with Crippen LogP contribution in [0.25, 0.3) is 5.70 Å². The quantitative estimate of drug-likeness (QED) is 0.589. The fourth-order valence-corrected chi connectivity index (χ4v) is 2.13. The van der Waals surface area contributed by atoms with Gasteiger partial charge in [0.1, 0.15) is 11.4 Å². The van der Waals surface area contributed by atoms with Crippen LogP contribution >= 0.6 is 15.9 Å². The van der Waals surface area contributed by atoms with Crippen molar-refractivity contribution in [3.63, 3.8) is 0 Å². The van der Waals surface area contributed by atoms with Crippen molar-refractivity contribution < 1.29 is 26.3 Å². The number of nitrogens with zero attached hydrogens (tertiary/aromatic N) is 4. The number of alkyl halides is 6. The van der Waals surface area contributed by atoms with E-state index in [1.54, 1.807) is 0 Å². The fraction of sp³-hybridized carbons (Fsp3) is 0.400. The standard InChI is InChI=1S/C10H6BrF6N4/c11-8-7(6(18-19-8)4-10(15,16)17)21-2-1-5(20-21)3-9(12,13)14/h1-2H,3-4H2. The molecule has 21 heavy (non-hydrogen) atoms. The summed E-state index contributed by atoms with van der Waals surface area (Å²) in [6.07, 6.45) is -10.5. The number of hydrogen-bond acceptors (Lipinski definition) is 2. The summed E-state index contributed by atoms with van der Waals surface area (Å²) >= 11 is 2.91. The maximum absolute atomic E-state index is 12.4. The van der Waals surface area contributed by atoms with Gasteiger partial charge in [-0.25, -0.2) is 4.68 Å². The third kappa shape index (κ3) is 4.22.